The molecule has 1 unspecified atom stereocenters. The smallest absolute Gasteiger partial charge is 0.126 e. The second-order valence-electron chi connectivity index (χ2n) is 11.7. The van der Waals surface area contributed by atoms with Crippen LogP contribution in [0.15, 0.2) is 60.7 Å². The summed E-state index contributed by atoms with van der Waals surface area (Å²) in [5.74, 6) is 1.08. The highest BCUT2D eigenvalue weighted by Crippen LogP contribution is 2.52. The predicted octanol–water partition coefficient (Wildman–Crippen LogP) is 9.04. The van der Waals surface area contributed by atoms with Crippen LogP contribution in [0, 0.1) is 13.8 Å². The summed E-state index contributed by atoms with van der Waals surface area (Å²) in [7, 11) is 0.680. The average molecular weight is 532 g/mol. The van der Waals surface area contributed by atoms with E-state index in [0.717, 1.165) is 38.2 Å². The van der Waals surface area contributed by atoms with Gasteiger partial charge in [0.05, 0.1) is 0 Å². The van der Waals surface area contributed by atoms with Crippen molar-refractivity contribution >= 4 is 13.9 Å². The molecule has 1 atom stereocenters. The van der Waals surface area contributed by atoms with Gasteiger partial charge in [0.25, 0.3) is 0 Å². The molecule has 38 heavy (non-hydrogen) atoms. The zero-order valence-electron chi connectivity index (χ0n) is 25.4. The van der Waals surface area contributed by atoms with E-state index in [2.05, 4.69) is 128 Å². The van der Waals surface area contributed by atoms with Crippen molar-refractivity contribution in [3.8, 4) is 5.75 Å². The van der Waals surface area contributed by atoms with Crippen LogP contribution < -0.4 is 10.0 Å². The third-order valence-corrected chi connectivity index (χ3v) is 10.5. The molecule has 0 saturated carbocycles. The summed E-state index contributed by atoms with van der Waals surface area (Å²) in [6.45, 7) is 24.5. The molecule has 3 aromatic rings. The fraction of sp³-hybridized carbons (Fsp3) is 0.486. The van der Waals surface area contributed by atoms with Crippen LogP contribution in [0.2, 0.25) is 0 Å². The Kier molecular flexibility index (Phi) is 10.6. The van der Waals surface area contributed by atoms with E-state index < -0.39 is 0 Å². The molecule has 0 heterocycles. The van der Waals surface area contributed by atoms with Gasteiger partial charge in [-0.15, -0.1) is 0 Å². The first-order valence-electron chi connectivity index (χ1n) is 14.5. The fourth-order valence-electron chi connectivity index (χ4n) is 5.33. The van der Waals surface area contributed by atoms with Crippen LogP contribution in [0.25, 0.3) is 0 Å². The first-order valence-corrected chi connectivity index (χ1v) is 15.5. The zero-order chi connectivity index (χ0) is 27.9. The van der Waals surface area contributed by atoms with Crippen LogP contribution in [0.3, 0.4) is 0 Å². The SMILES string of the molecule is CCN(CC)Cc1cccc(C)c1PC(CC)(CC)c1cc(C(C)(C)C)cc(C)c1OCc1ccccc1. The van der Waals surface area contributed by atoms with Crippen molar-refractivity contribution in [2.24, 2.45) is 0 Å². The molecule has 0 bridgehead atoms. The Hall–Kier alpha value is -2.15. The van der Waals surface area contributed by atoms with Gasteiger partial charge in [-0.1, -0.05) is 118 Å². The molecule has 3 heteroatoms. The minimum absolute atomic E-state index is 0.0160. The highest BCUT2D eigenvalue weighted by molar-refractivity contribution is 7.48. The van der Waals surface area contributed by atoms with Gasteiger partial charge in [-0.3, -0.25) is 4.90 Å². The highest BCUT2D eigenvalue weighted by Gasteiger charge is 2.35. The molecule has 0 fully saturated rings. The second kappa shape index (κ2) is 13.3. The minimum Gasteiger partial charge on any atom is -0.488 e. The molecular formula is C35H50NOP. The van der Waals surface area contributed by atoms with E-state index >= 15 is 0 Å². The lowest BCUT2D eigenvalue weighted by Crippen LogP contribution is -2.29. The Morgan fingerprint density at radius 3 is 2.03 bits per heavy atom. The third kappa shape index (κ3) is 7.08. The zero-order valence-corrected chi connectivity index (χ0v) is 26.4. The molecule has 3 aromatic carbocycles. The van der Waals surface area contributed by atoms with Gasteiger partial charge < -0.3 is 4.74 Å². The summed E-state index contributed by atoms with van der Waals surface area (Å²) < 4.78 is 6.73. The van der Waals surface area contributed by atoms with Gasteiger partial charge in [0.2, 0.25) is 0 Å². The molecular weight excluding hydrogens is 481 g/mol. The summed E-state index contributed by atoms with van der Waals surface area (Å²) >= 11 is 0. The van der Waals surface area contributed by atoms with Gasteiger partial charge in [0, 0.05) is 17.3 Å². The number of hydrogen-bond acceptors (Lipinski definition) is 2. The second-order valence-corrected chi connectivity index (χ2v) is 13.4. The van der Waals surface area contributed by atoms with Gasteiger partial charge in [-0.05, 0) is 78.3 Å². The number of aryl methyl sites for hydroxylation is 2. The highest BCUT2D eigenvalue weighted by atomic mass is 31.1. The molecule has 2 nitrogen and oxygen atoms in total. The van der Waals surface area contributed by atoms with Crippen LogP contribution in [-0.2, 0) is 23.7 Å². The largest absolute Gasteiger partial charge is 0.488 e. The third-order valence-electron chi connectivity index (χ3n) is 8.10. The lowest BCUT2D eigenvalue weighted by atomic mass is 9.81. The number of hydrogen-bond donors (Lipinski definition) is 0. The average Bonchev–Trinajstić information content (AvgIpc) is 2.90. The maximum Gasteiger partial charge on any atom is 0.126 e. The van der Waals surface area contributed by atoms with E-state index in [1.807, 2.05) is 0 Å². The van der Waals surface area contributed by atoms with Crippen molar-refractivity contribution in [1.29, 1.82) is 0 Å². The first kappa shape index (κ1) is 30.4. The molecule has 0 radical (unpaired) electrons. The van der Waals surface area contributed by atoms with Crippen molar-refractivity contribution in [3.63, 3.8) is 0 Å². The molecule has 0 aromatic heterocycles. The normalized spacial score (nSPS) is 12.6. The van der Waals surface area contributed by atoms with E-state index in [0.29, 0.717) is 15.2 Å². The van der Waals surface area contributed by atoms with Crippen molar-refractivity contribution in [2.75, 3.05) is 13.1 Å². The summed E-state index contributed by atoms with van der Waals surface area (Å²) in [5.41, 5.74) is 8.19. The molecule has 0 spiro atoms. The van der Waals surface area contributed by atoms with Crippen LogP contribution >= 0.6 is 8.58 Å². The minimum atomic E-state index is 0.0160. The summed E-state index contributed by atoms with van der Waals surface area (Å²) in [6.07, 6.45) is 2.16. The van der Waals surface area contributed by atoms with Crippen LogP contribution in [0.4, 0.5) is 0 Å². The molecule has 0 amide bonds. The molecule has 0 aliphatic carbocycles. The standard InChI is InChI=1S/C35H50NOP/c1-10-35(11-2,38-33-26(5)18-17-21-29(33)24-36(12-3)13-4)31-23-30(34(7,8)9)22-27(6)32(31)37-25-28-19-15-14-16-20-28/h14-23,38H,10-13,24-25H2,1-9H3. The van der Waals surface area contributed by atoms with Crippen LogP contribution in [0.5, 0.6) is 5.75 Å². The van der Waals surface area contributed by atoms with E-state index in [4.69, 9.17) is 4.74 Å². The Morgan fingerprint density at radius 2 is 1.45 bits per heavy atom. The van der Waals surface area contributed by atoms with Gasteiger partial charge in [0.1, 0.15) is 12.4 Å². The molecule has 0 aliphatic heterocycles. The van der Waals surface area contributed by atoms with Gasteiger partial charge in [-0.25, -0.2) is 0 Å². The summed E-state index contributed by atoms with van der Waals surface area (Å²) in [6, 6.07) is 22.3. The first-order chi connectivity index (χ1) is 18.1. The Bertz CT molecular complexity index is 1170. The van der Waals surface area contributed by atoms with Crippen molar-refractivity contribution < 1.29 is 4.74 Å². The molecule has 0 N–H and O–H groups in total. The van der Waals surface area contributed by atoms with Crippen LogP contribution in [-0.4, -0.2) is 18.0 Å². The van der Waals surface area contributed by atoms with Crippen molar-refractivity contribution in [1.82, 2.24) is 4.90 Å². The van der Waals surface area contributed by atoms with E-state index in [9.17, 15) is 0 Å². The Morgan fingerprint density at radius 1 is 0.789 bits per heavy atom. The van der Waals surface area contributed by atoms with Crippen molar-refractivity contribution in [2.45, 2.75) is 98.9 Å². The predicted molar refractivity (Wildman–Crippen MR) is 169 cm³/mol. The summed E-state index contributed by atoms with van der Waals surface area (Å²) in [4.78, 5) is 2.53. The number of nitrogens with zero attached hydrogens (tertiary/aromatic N) is 1. The molecule has 0 aliphatic rings. The lowest BCUT2D eigenvalue weighted by Gasteiger charge is -2.37. The number of benzene rings is 3. The Labute approximate surface area is 235 Å². The lowest BCUT2D eigenvalue weighted by molar-refractivity contribution is 0.295. The quantitative estimate of drug-likeness (QED) is 0.216. The molecule has 3 rings (SSSR count). The summed E-state index contributed by atoms with van der Waals surface area (Å²) in [5, 5.41) is 1.55. The Balaban J connectivity index is 2.16. The van der Waals surface area contributed by atoms with Gasteiger partial charge in [0.15, 0.2) is 0 Å². The number of ether oxygens (including phenoxy) is 1. The number of rotatable bonds is 12. The fourth-order valence-corrected chi connectivity index (χ4v) is 7.08. The van der Waals surface area contributed by atoms with Gasteiger partial charge in [-0.2, -0.15) is 0 Å². The van der Waals surface area contributed by atoms with Gasteiger partial charge >= 0.3 is 0 Å². The van der Waals surface area contributed by atoms with E-state index in [1.165, 1.54) is 38.7 Å². The van der Waals surface area contributed by atoms with Crippen molar-refractivity contribution in [3.05, 3.63) is 94.0 Å². The maximum atomic E-state index is 6.73. The van der Waals surface area contributed by atoms with E-state index in [1.54, 1.807) is 0 Å². The molecule has 206 valence electrons. The van der Waals surface area contributed by atoms with Crippen LogP contribution in [0.1, 0.15) is 94.7 Å². The maximum absolute atomic E-state index is 6.73. The monoisotopic (exact) mass is 531 g/mol. The van der Waals surface area contributed by atoms with E-state index in [-0.39, 0.29) is 10.6 Å². The topological polar surface area (TPSA) is 12.5 Å². The molecule has 0 saturated heterocycles.